The number of amides is 1. The number of ether oxygens (including phenoxy) is 1. The molecule has 0 aliphatic carbocycles. The number of hydrogen-bond acceptors (Lipinski definition) is 4. The Balaban J connectivity index is 2.65. The minimum atomic E-state index is -0.468. The van der Waals surface area contributed by atoms with Crippen LogP contribution in [0.25, 0.3) is 0 Å². The average Bonchev–Trinajstić information content (AvgIpc) is 2.70. The number of carbonyl (C=O) groups is 2. The summed E-state index contributed by atoms with van der Waals surface area (Å²) in [5.74, 6) is -0.682. The van der Waals surface area contributed by atoms with Crippen LogP contribution in [0.4, 0.5) is 0 Å². The first-order valence-corrected chi connectivity index (χ1v) is 5.93. The minimum absolute atomic E-state index is 0.0589. The van der Waals surface area contributed by atoms with Gasteiger partial charge in [0.15, 0.2) is 0 Å². The molecule has 98 valence electrons. The monoisotopic (exact) mass is 242 g/mol. The van der Waals surface area contributed by atoms with Gasteiger partial charge in [0.25, 0.3) is 0 Å². The molecule has 1 rings (SSSR count). The maximum atomic E-state index is 11.5. The van der Waals surface area contributed by atoms with Crippen molar-refractivity contribution in [3.05, 3.63) is 0 Å². The van der Waals surface area contributed by atoms with Gasteiger partial charge >= 0.3 is 5.97 Å². The van der Waals surface area contributed by atoms with Crippen molar-refractivity contribution < 1.29 is 14.3 Å². The molecule has 2 N–H and O–H groups in total. The van der Waals surface area contributed by atoms with Crippen LogP contribution in [0.1, 0.15) is 27.2 Å². The van der Waals surface area contributed by atoms with E-state index in [4.69, 9.17) is 10.5 Å². The SMILES string of the molecule is COC(=O)C(C)C(C)N1CCC(C)(C(N)=O)C1. The van der Waals surface area contributed by atoms with E-state index in [9.17, 15) is 9.59 Å². The molecule has 3 atom stereocenters. The van der Waals surface area contributed by atoms with E-state index in [0.717, 1.165) is 13.0 Å². The Morgan fingerprint density at radius 2 is 2.00 bits per heavy atom. The standard InChI is InChI=1S/C12H22N2O3/c1-8(10(15)17-4)9(2)14-6-5-12(3,7-14)11(13)16/h8-9H,5-7H2,1-4H3,(H2,13,16). The van der Waals surface area contributed by atoms with Crippen LogP contribution in [-0.4, -0.2) is 43.0 Å². The molecule has 17 heavy (non-hydrogen) atoms. The van der Waals surface area contributed by atoms with Crippen LogP contribution in [0.15, 0.2) is 0 Å². The van der Waals surface area contributed by atoms with Gasteiger partial charge in [0.2, 0.25) is 5.91 Å². The van der Waals surface area contributed by atoms with Gasteiger partial charge in [-0.3, -0.25) is 14.5 Å². The fourth-order valence-corrected chi connectivity index (χ4v) is 2.24. The van der Waals surface area contributed by atoms with Crippen molar-refractivity contribution in [3.8, 4) is 0 Å². The van der Waals surface area contributed by atoms with Gasteiger partial charge in [-0.25, -0.2) is 0 Å². The van der Waals surface area contributed by atoms with Crippen molar-refractivity contribution in [2.75, 3.05) is 20.2 Å². The molecule has 5 nitrogen and oxygen atoms in total. The van der Waals surface area contributed by atoms with Gasteiger partial charge in [-0.2, -0.15) is 0 Å². The summed E-state index contributed by atoms with van der Waals surface area (Å²) < 4.78 is 4.73. The summed E-state index contributed by atoms with van der Waals surface area (Å²) in [6.45, 7) is 7.11. The second kappa shape index (κ2) is 5.04. The Hall–Kier alpha value is -1.10. The predicted octanol–water partition coefficient (Wildman–Crippen LogP) is 0.381. The molecule has 3 unspecified atom stereocenters. The molecular formula is C12H22N2O3. The molecule has 0 aromatic rings. The van der Waals surface area contributed by atoms with Crippen molar-refractivity contribution in [2.45, 2.75) is 33.2 Å². The van der Waals surface area contributed by atoms with Gasteiger partial charge in [-0.05, 0) is 26.8 Å². The normalized spacial score (nSPS) is 28.7. The van der Waals surface area contributed by atoms with Gasteiger partial charge in [-0.1, -0.05) is 6.92 Å². The first-order chi connectivity index (χ1) is 7.81. The molecule has 1 fully saturated rings. The molecule has 1 aliphatic rings. The van der Waals surface area contributed by atoms with Crippen molar-refractivity contribution in [1.82, 2.24) is 4.90 Å². The van der Waals surface area contributed by atoms with Crippen molar-refractivity contribution in [1.29, 1.82) is 0 Å². The lowest BCUT2D eigenvalue weighted by Crippen LogP contribution is -2.43. The van der Waals surface area contributed by atoms with E-state index < -0.39 is 5.41 Å². The van der Waals surface area contributed by atoms with Crippen LogP contribution in [0.5, 0.6) is 0 Å². The number of likely N-dealkylation sites (tertiary alicyclic amines) is 1. The van der Waals surface area contributed by atoms with E-state index in [1.54, 1.807) is 0 Å². The molecule has 5 heteroatoms. The number of carbonyl (C=O) groups excluding carboxylic acids is 2. The molecular weight excluding hydrogens is 220 g/mol. The zero-order valence-corrected chi connectivity index (χ0v) is 11.0. The first-order valence-electron chi connectivity index (χ1n) is 5.93. The fraction of sp³-hybridized carbons (Fsp3) is 0.833. The third-order valence-electron chi connectivity index (χ3n) is 3.97. The predicted molar refractivity (Wildman–Crippen MR) is 64.1 cm³/mol. The molecule has 0 saturated carbocycles. The number of rotatable bonds is 4. The third-order valence-corrected chi connectivity index (χ3v) is 3.97. The lowest BCUT2D eigenvalue weighted by molar-refractivity contribution is -0.146. The molecule has 0 spiro atoms. The zero-order valence-electron chi connectivity index (χ0n) is 11.0. The van der Waals surface area contributed by atoms with Crippen LogP contribution in [-0.2, 0) is 14.3 Å². The summed E-state index contributed by atoms with van der Waals surface area (Å²) >= 11 is 0. The molecule has 0 bridgehead atoms. The largest absolute Gasteiger partial charge is 0.469 e. The minimum Gasteiger partial charge on any atom is -0.469 e. The molecule has 1 amide bonds. The van der Waals surface area contributed by atoms with Gasteiger partial charge in [0, 0.05) is 12.6 Å². The van der Waals surface area contributed by atoms with Gasteiger partial charge in [-0.15, -0.1) is 0 Å². The van der Waals surface area contributed by atoms with Crippen molar-refractivity contribution >= 4 is 11.9 Å². The number of esters is 1. The molecule has 1 heterocycles. The van der Waals surface area contributed by atoms with Crippen molar-refractivity contribution in [3.63, 3.8) is 0 Å². The van der Waals surface area contributed by atoms with E-state index in [-0.39, 0.29) is 23.8 Å². The Morgan fingerprint density at radius 1 is 1.41 bits per heavy atom. The highest BCUT2D eigenvalue weighted by Gasteiger charge is 2.41. The molecule has 0 aromatic heterocycles. The smallest absolute Gasteiger partial charge is 0.309 e. The van der Waals surface area contributed by atoms with E-state index >= 15 is 0 Å². The maximum Gasteiger partial charge on any atom is 0.309 e. The summed E-state index contributed by atoms with van der Waals surface area (Å²) in [6, 6.07) is 0.0589. The second-order valence-electron chi connectivity index (χ2n) is 5.20. The van der Waals surface area contributed by atoms with Gasteiger partial charge in [0.1, 0.15) is 0 Å². The number of methoxy groups -OCH3 is 1. The zero-order chi connectivity index (χ0) is 13.2. The Bertz CT molecular complexity index is 319. The first kappa shape index (κ1) is 14.0. The highest BCUT2D eigenvalue weighted by atomic mass is 16.5. The number of nitrogens with two attached hydrogens (primary N) is 1. The second-order valence-corrected chi connectivity index (χ2v) is 5.20. The molecule has 1 saturated heterocycles. The average molecular weight is 242 g/mol. The highest BCUT2D eigenvalue weighted by Crippen LogP contribution is 2.32. The number of nitrogens with zero attached hydrogens (tertiary/aromatic N) is 1. The van der Waals surface area contributed by atoms with E-state index in [1.807, 2.05) is 20.8 Å². The van der Waals surface area contributed by atoms with E-state index in [0.29, 0.717) is 6.54 Å². The van der Waals surface area contributed by atoms with Crippen LogP contribution in [0.3, 0.4) is 0 Å². The van der Waals surface area contributed by atoms with Gasteiger partial charge < -0.3 is 10.5 Å². The lowest BCUT2D eigenvalue weighted by Gasteiger charge is -2.29. The van der Waals surface area contributed by atoms with Gasteiger partial charge in [0.05, 0.1) is 18.4 Å². The van der Waals surface area contributed by atoms with E-state index in [1.165, 1.54) is 7.11 Å². The summed E-state index contributed by atoms with van der Waals surface area (Å²) in [4.78, 5) is 25.0. The van der Waals surface area contributed by atoms with Crippen LogP contribution >= 0.6 is 0 Å². The summed E-state index contributed by atoms with van der Waals surface area (Å²) in [7, 11) is 1.39. The summed E-state index contributed by atoms with van der Waals surface area (Å²) in [5.41, 5.74) is 4.93. The molecule has 1 aliphatic heterocycles. The molecule has 0 aromatic carbocycles. The maximum absolute atomic E-state index is 11.5. The van der Waals surface area contributed by atoms with Crippen LogP contribution in [0.2, 0.25) is 0 Å². The van der Waals surface area contributed by atoms with E-state index in [2.05, 4.69) is 4.90 Å². The summed E-state index contributed by atoms with van der Waals surface area (Å²) in [5, 5.41) is 0. The Morgan fingerprint density at radius 3 is 2.41 bits per heavy atom. The molecule has 0 radical (unpaired) electrons. The fourth-order valence-electron chi connectivity index (χ4n) is 2.24. The van der Waals surface area contributed by atoms with Crippen LogP contribution in [0, 0.1) is 11.3 Å². The summed E-state index contributed by atoms with van der Waals surface area (Å²) in [6.07, 6.45) is 0.751. The van der Waals surface area contributed by atoms with Crippen LogP contribution < -0.4 is 5.73 Å². The lowest BCUT2D eigenvalue weighted by atomic mass is 9.89. The quantitative estimate of drug-likeness (QED) is 0.723. The van der Waals surface area contributed by atoms with Crippen molar-refractivity contribution in [2.24, 2.45) is 17.1 Å². The highest BCUT2D eigenvalue weighted by molar-refractivity contribution is 5.81. The Kier molecular flexibility index (Phi) is 4.14. The Labute approximate surface area is 102 Å². The number of hydrogen-bond donors (Lipinski definition) is 1. The third kappa shape index (κ3) is 2.77. The number of primary amides is 1. The topological polar surface area (TPSA) is 72.6 Å².